The average Bonchev–Trinajstić information content (AvgIpc) is 3.02. The second kappa shape index (κ2) is 8.24. The van der Waals surface area contributed by atoms with Crippen molar-refractivity contribution in [3.05, 3.63) is 46.7 Å². The summed E-state index contributed by atoms with van der Waals surface area (Å²) in [5, 5.41) is 6.77. The molecule has 2 aromatic rings. The predicted molar refractivity (Wildman–Crippen MR) is 90.8 cm³/mol. The number of thiophene rings is 1. The number of ether oxygens (including phenoxy) is 2. The van der Waals surface area contributed by atoms with E-state index < -0.39 is 0 Å². The summed E-state index contributed by atoms with van der Waals surface area (Å²) in [5.41, 5.74) is 1.69. The average molecular weight is 317 g/mol. The van der Waals surface area contributed by atoms with Crippen molar-refractivity contribution >= 4 is 29.0 Å². The first-order valence-electron chi connectivity index (χ1n) is 7.13. The molecule has 0 saturated heterocycles. The molecule has 0 aliphatic rings. The van der Waals surface area contributed by atoms with Gasteiger partial charge in [0.1, 0.15) is 0 Å². The Kier molecular flexibility index (Phi) is 6.03. The lowest BCUT2D eigenvalue weighted by Crippen LogP contribution is -2.08. The zero-order valence-electron chi connectivity index (χ0n) is 12.7. The Hall–Kier alpha value is -2.27. The van der Waals surface area contributed by atoms with E-state index in [0.29, 0.717) is 30.4 Å². The summed E-state index contributed by atoms with van der Waals surface area (Å²) in [5.74, 6) is 1.12. The fourth-order valence-corrected chi connectivity index (χ4v) is 2.48. The molecule has 4 nitrogen and oxygen atoms in total. The Morgan fingerprint density at radius 2 is 1.95 bits per heavy atom. The first kappa shape index (κ1) is 16.1. The highest BCUT2D eigenvalue weighted by Gasteiger charge is 2.07. The molecule has 5 heteroatoms. The van der Waals surface area contributed by atoms with Gasteiger partial charge in [0.25, 0.3) is 0 Å². The number of nitrogens with one attached hydrogen (secondary N) is 1. The van der Waals surface area contributed by atoms with E-state index in [-0.39, 0.29) is 5.91 Å². The molecule has 1 aromatic heterocycles. The molecule has 0 aliphatic heterocycles. The molecule has 1 N–H and O–H groups in total. The van der Waals surface area contributed by atoms with Crippen molar-refractivity contribution < 1.29 is 14.3 Å². The van der Waals surface area contributed by atoms with Crippen molar-refractivity contribution in [1.82, 2.24) is 0 Å². The molecule has 0 atom stereocenters. The third kappa shape index (κ3) is 4.63. The van der Waals surface area contributed by atoms with E-state index in [1.54, 1.807) is 35.6 Å². The van der Waals surface area contributed by atoms with E-state index in [4.69, 9.17) is 9.47 Å². The van der Waals surface area contributed by atoms with E-state index in [2.05, 4.69) is 5.32 Å². The van der Waals surface area contributed by atoms with Gasteiger partial charge in [-0.2, -0.15) is 11.3 Å². The quantitative estimate of drug-likeness (QED) is 0.779. The maximum Gasteiger partial charge on any atom is 0.248 e. The van der Waals surface area contributed by atoms with Gasteiger partial charge in [-0.25, -0.2) is 0 Å². The number of amides is 1. The molecule has 0 fully saturated rings. The van der Waals surface area contributed by atoms with Crippen LogP contribution < -0.4 is 14.8 Å². The van der Waals surface area contributed by atoms with Gasteiger partial charge < -0.3 is 14.8 Å². The number of carbonyl (C=O) groups excluding carboxylic acids is 1. The van der Waals surface area contributed by atoms with E-state index >= 15 is 0 Å². The zero-order chi connectivity index (χ0) is 15.8. The Morgan fingerprint density at radius 3 is 2.64 bits per heavy atom. The highest BCUT2D eigenvalue weighted by Crippen LogP contribution is 2.30. The molecular formula is C17H19NO3S. The SMILES string of the molecule is CCOc1ccc(NC(=O)/C=C/c2ccsc2)cc1OCC. The van der Waals surface area contributed by atoms with Gasteiger partial charge in [-0.05, 0) is 54.4 Å². The van der Waals surface area contributed by atoms with Crippen LogP contribution in [0.4, 0.5) is 5.69 Å². The first-order chi connectivity index (χ1) is 10.7. The summed E-state index contributed by atoms with van der Waals surface area (Å²) >= 11 is 1.60. The largest absolute Gasteiger partial charge is 0.490 e. The number of anilines is 1. The van der Waals surface area contributed by atoms with E-state index in [1.165, 1.54) is 6.08 Å². The minimum atomic E-state index is -0.183. The normalized spacial score (nSPS) is 10.6. The van der Waals surface area contributed by atoms with Crippen LogP contribution >= 0.6 is 11.3 Å². The fraction of sp³-hybridized carbons (Fsp3) is 0.235. The topological polar surface area (TPSA) is 47.6 Å². The Labute approximate surface area is 134 Å². The maximum atomic E-state index is 11.9. The maximum absolute atomic E-state index is 11.9. The third-order valence-electron chi connectivity index (χ3n) is 2.78. The number of hydrogen-bond acceptors (Lipinski definition) is 4. The van der Waals surface area contributed by atoms with Crippen LogP contribution in [0, 0.1) is 0 Å². The molecule has 0 aliphatic carbocycles. The van der Waals surface area contributed by atoms with Crippen LogP contribution in [0.5, 0.6) is 11.5 Å². The van der Waals surface area contributed by atoms with Gasteiger partial charge in [0.05, 0.1) is 13.2 Å². The van der Waals surface area contributed by atoms with Gasteiger partial charge in [0.15, 0.2) is 11.5 Å². The minimum Gasteiger partial charge on any atom is -0.490 e. The molecule has 1 heterocycles. The monoisotopic (exact) mass is 317 g/mol. The molecule has 0 radical (unpaired) electrons. The molecule has 0 saturated carbocycles. The molecule has 1 aromatic carbocycles. The second-order valence-electron chi connectivity index (χ2n) is 4.41. The number of benzene rings is 1. The summed E-state index contributed by atoms with van der Waals surface area (Å²) in [7, 11) is 0. The van der Waals surface area contributed by atoms with Crippen LogP contribution in [-0.4, -0.2) is 19.1 Å². The van der Waals surface area contributed by atoms with Crippen molar-refractivity contribution in [1.29, 1.82) is 0 Å². The van der Waals surface area contributed by atoms with Gasteiger partial charge in [0, 0.05) is 17.8 Å². The van der Waals surface area contributed by atoms with Crippen LogP contribution in [0.2, 0.25) is 0 Å². The van der Waals surface area contributed by atoms with Crippen LogP contribution in [0.25, 0.3) is 6.08 Å². The molecule has 2 rings (SSSR count). The van der Waals surface area contributed by atoms with Gasteiger partial charge >= 0.3 is 0 Å². The molecule has 0 spiro atoms. The van der Waals surface area contributed by atoms with E-state index in [9.17, 15) is 4.79 Å². The van der Waals surface area contributed by atoms with Crippen molar-refractivity contribution in [2.24, 2.45) is 0 Å². The lowest BCUT2D eigenvalue weighted by Gasteiger charge is -2.12. The van der Waals surface area contributed by atoms with Gasteiger partial charge in [-0.1, -0.05) is 0 Å². The lowest BCUT2D eigenvalue weighted by molar-refractivity contribution is -0.111. The van der Waals surface area contributed by atoms with Gasteiger partial charge in [-0.15, -0.1) is 0 Å². The van der Waals surface area contributed by atoms with Crippen LogP contribution in [-0.2, 0) is 4.79 Å². The van der Waals surface area contributed by atoms with Crippen molar-refractivity contribution in [3.63, 3.8) is 0 Å². The van der Waals surface area contributed by atoms with Gasteiger partial charge in [0.2, 0.25) is 5.91 Å². The number of rotatable bonds is 7. The highest BCUT2D eigenvalue weighted by atomic mass is 32.1. The van der Waals surface area contributed by atoms with Crippen molar-refractivity contribution in [2.45, 2.75) is 13.8 Å². The van der Waals surface area contributed by atoms with Crippen molar-refractivity contribution in [3.8, 4) is 11.5 Å². The van der Waals surface area contributed by atoms with Crippen LogP contribution in [0.1, 0.15) is 19.4 Å². The third-order valence-corrected chi connectivity index (χ3v) is 3.48. The second-order valence-corrected chi connectivity index (χ2v) is 5.19. The molecule has 116 valence electrons. The van der Waals surface area contributed by atoms with Gasteiger partial charge in [-0.3, -0.25) is 4.79 Å². The Morgan fingerprint density at radius 1 is 1.18 bits per heavy atom. The number of carbonyl (C=O) groups is 1. The fourth-order valence-electron chi connectivity index (χ4n) is 1.85. The smallest absolute Gasteiger partial charge is 0.248 e. The van der Waals surface area contributed by atoms with Crippen molar-refractivity contribution in [2.75, 3.05) is 18.5 Å². The standard InChI is InChI=1S/C17H19NO3S/c1-3-20-15-7-6-14(11-16(15)21-4-2)18-17(19)8-5-13-9-10-22-12-13/h5-12H,3-4H2,1-2H3,(H,18,19)/b8-5+. The number of hydrogen-bond donors (Lipinski definition) is 1. The van der Waals surface area contributed by atoms with Crippen LogP contribution in [0.15, 0.2) is 41.1 Å². The molecule has 0 bridgehead atoms. The summed E-state index contributed by atoms with van der Waals surface area (Å²) in [6.45, 7) is 4.93. The Bertz CT molecular complexity index is 635. The molecule has 22 heavy (non-hydrogen) atoms. The summed E-state index contributed by atoms with van der Waals surface area (Å²) in [4.78, 5) is 11.9. The zero-order valence-corrected chi connectivity index (χ0v) is 13.5. The molecule has 0 unspecified atom stereocenters. The van der Waals surface area contributed by atoms with E-state index in [0.717, 1.165) is 5.56 Å². The lowest BCUT2D eigenvalue weighted by atomic mass is 10.2. The van der Waals surface area contributed by atoms with Crippen LogP contribution in [0.3, 0.4) is 0 Å². The summed E-state index contributed by atoms with van der Waals surface area (Å²) < 4.78 is 11.0. The summed E-state index contributed by atoms with van der Waals surface area (Å²) in [6.07, 6.45) is 3.29. The molecular weight excluding hydrogens is 298 g/mol. The summed E-state index contributed by atoms with van der Waals surface area (Å²) in [6, 6.07) is 7.32. The highest BCUT2D eigenvalue weighted by molar-refractivity contribution is 7.08. The molecule has 1 amide bonds. The first-order valence-corrected chi connectivity index (χ1v) is 8.08. The minimum absolute atomic E-state index is 0.183. The predicted octanol–water partition coefficient (Wildman–Crippen LogP) is 4.20. The van der Waals surface area contributed by atoms with E-state index in [1.807, 2.05) is 30.7 Å². The Balaban J connectivity index is 2.05.